The van der Waals surface area contributed by atoms with Crippen LogP contribution >= 0.6 is 11.3 Å². The van der Waals surface area contributed by atoms with Gasteiger partial charge in [-0.2, -0.15) is 11.3 Å². The summed E-state index contributed by atoms with van der Waals surface area (Å²) < 4.78 is 24.3. The third-order valence-electron chi connectivity index (χ3n) is 4.20. The van der Waals surface area contributed by atoms with Crippen molar-refractivity contribution in [2.75, 3.05) is 18.8 Å². The molecule has 0 spiro atoms. The van der Waals surface area contributed by atoms with Crippen molar-refractivity contribution in [1.29, 1.82) is 0 Å². The standard InChI is InChI=1S/C18H21NO3S2/c1-13(2)12-24(21,22)17-9-19(10-17)18(20)15-5-3-14(4-6-15)16-7-8-23-11-16/h3-8,11,13,17H,9-10,12H2,1-2H3. The summed E-state index contributed by atoms with van der Waals surface area (Å²) in [5.41, 5.74) is 2.82. The number of hydrogen-bond donors (Lipinski definition) is 0. The lowest BCUT2D eigenvalue weighted by molar-refractivity contribution is 0.0659. The molecule has 1 fully saturated rings. The lowest BCUT2D eigenvalue weighted by atomic mass is 10.1. The Hall–Kier alpha value is -1.66. The van der Waals surface area contributed by atoms with Crippen LogP contribution in [0.4, 0.5) is 0 Å². The predicted octanol–water partition coefficient (Wildman–Crippen LogP) is 3.31. The van der Waals surface area contributed by atoms with E-state index in [4.69, 9.17) is 0 Å². The van der Waals surface area contributed by atoms with Gasteiger partial charge in [-0.25, -0.2) is 8.42 Å². The zero-order valence-corrected chi connectivity index (χ0v) is 15.4. The van der Waals surface area contributed by atoms with Crippen LogP contribution in [0.1, 0.15) is 24.2 Å². The molecule has 2 heterocycles. The number of thiophene rings is 1. The van der Waals surface area contributed by atoms with Crippen molar-refractivity contribution in [2.24, 2.45) is 5.92 Å². The molecule has 2 aromatic rings. The van der Waals surface area contributed by atoms with Crippen molar-refractivity contribution < 1.29 is 13.2 Å². The molecule has 6 heteroatoms. The second-order valence-electron chi connectivity index (χ2n) is 6.64. The molecule has 0 atom stereocenters. The zero-order chi connectivity index (χ0) is 17.3. The van der Waals surface area contributed by atoms with Crippen LogP contribution < -0.4 is 0 Å². The van der Waals surface area contributed by atoms with E-state index < -0.39 is 15.1 Å². The Morgan fingerprint density at radius 2 is 1.83 bits per heavy atom. The number of likely N-dealkylation sites (tertiary alicyclic amines) is 1. The summed E-state index contributed by atoms with van der Waals surface area (Å²) in [6, 6.07) is 9.53. The molecule has 1 aliphatic heterocycles. The average molecular weight is 364 g/mol. The molecule has 1 aliphatic rings. The van der Waals surface area contributed by atoms with Crippen LogP contribution in [0.2, 0.25) is 0 Å². The first-order chi connectivity index (χ1) is 11.4. The van der Waals surface area contributed by atoms with Gasteiger partial charge < -0.3 is 4.90 Å². The van der Waals surface area contributed by atoms with E-state index >= 15 is 0 Å². The summed E-state index contributed by atoms with van der Waals surface area (Å²) >= 11 is 1.64. The molecule has 1 amide bonds. The monoisotopic (exact) mass is 363 g/mol. The Kier molecular flexibility index (Phi) is 4.78. The highest BCUT2D eigenvalue weighted by atomic mass is 32.2. The maximum Gasteiger partial charge on any atom is 0.253 e. The molecule has 0 unspecified atom stereocenters. The second kappa shape index (κ2) is 6.69. The van der Waals surface area contributed by atoms with E-state index in [0.29, 0.717) is 18.7 Å². The van der Waals surface area contributed by atoms with Crippen LogP contribution in [-0.4, -0.2) is 43.3 Å². The van der Waals surface area contributed by atoms with E-state index in [1.807, 2.05) is 49.6 Å². The molecule has 0 radical (unpaired) electrons. The van der Waals surface area contributed by atoms with Gasteiger partial charge in [0.2, 0.25) is 0 Å². The van der Waals surface area contributed by atoms with Crippen molar-refractivity contribution in [3.05, 3.63) is 46.7 Å². The molecule has 0 N–H and O–H groups in total. The minimum Gasteiger partial charge on any atom is -0.336 e. The number of sulfone groups is 1. The van der Waals surface area contributed by atoms with Crippen LogP contribution in [-0.2, 0) is 9.84 Å². The highest BCUT2D eigenvalue weighted by molar-refractivity contribution is 7.92. The van der Waals surface area contributed by atoms with E-state index in [1.165, 1.54) is 0 Å². The molecular formula is C18H21NO3S2. The summed E-state index contributed by atoms with van der Waals surface area (Å²) in [5, 5.41) is 3.68. The van der Waals surface area contributed by atoms with Gasteiger partial charge in [-0.05, 0) is 46.0 Å². The van der Waals surface area contributed by atoms with Gasteiger partial charge in [0.15, 0.2) is 9.84 Å². The molecule has 0 bridgehead atoms. The van der Waals surface area contributed by atoms with Crippen LogP contribution in [0.5, 0.6) is 0 Å². The van der Waals surface area contributed by atoms with Gasteiger partial charge >= 0.3 is 0 Å². The number of amides is 1. The largest absolute Gasteiger partial charge is 0.336 e. The van der Waals surface area contributed by atoms with Gasteiger partial charge in [0.25, 0.3) is 5.91 Å². The smallest absolute Gasteiger partial charge is 0.253 e. The Morgan fingerprint density at radius 1 is 1.17 bits per heavy atom. The lowest BCUT2D eigenvalue weighted by Crippen LogP contribution is -2.57. The minimum absolute atomic E-state index is 0.0946. The Balaban J connectivity index is 1.63. The Bertz CT molecular complexity index is 802. The van der Waals surface area contributed by atoms with E-state index in [2.05, 4.69) is 5.38 Å². The first-order valence-corrected chi connectivity index (χ1v) is 10.7. The first kappa shape index (κ1) is 17.2. The van der Waals surface area contributed by atoms with E-state index in [0.717, 1.165) is 11.1 Å². The van der Waals surface area contributed by atoms with Gasteiger partial charge in [-0.3, -0.25) is 4.79 Å². The number of carbonyl (C=O) groups is 1. The van der Waals surface area contributed by atoms with Crippen molar-refractivity contribution >= 4 is 27.1 Å². The summed E-state index contributed by atoms with van der Waals surface area (Å²) in [7, 11) is -3.10. The quantitative estimate of drug-likeness (QED) is 0.819. The van der Waals surface area contributed by atoms with Crippen LogP contribution in [0.3, 0.4) is 0 Å². The summed E-state index contributed by atoms with van der Waals surface area (Å²) in [4.78, 5) is 14.1. The van der Waals surface area contributed by atoms with Gasteiger partial charge in [0, 0.05) is 18.7 Å². The van der Waals surface area contributed by atoms with Gasteiger partial charge in [-0.1, -0.05) is 26.0 Å². The maximum atomic E-state index is 12.5. The zero-order valence-electron chi connectivity index (χ0n) is 13.8. The SMILES string of the molecule is CC(C)CS(=O)(=O)C1CN(C(=O)c2ccc(-c3ccsc3)cc2)C1. The fourth-order valence-corrected chi connectivity index (χ4v) is 5.53. The number of benzene rings is 1. The third-order valence-corrected chi connectivity index (χ3v) is 7.32. The Morgan fingerprint density at radius 3 is 2.38 bits per heavy atom. The summed E-state index contributed by atoms with van der Waals surface area (Å²) in [6.45, 7) is 4.41. The maximum absolute atomic E-state index is 12.5. The fraction of sp³-hybridized carbons (Fsp3) is 0.389. The van der Waals surface area contributed by atoms with Crippen molar-refractivity contribution in [1.82, 2.24) is 4.90 Å². The molecule has 3 rings (SSSR count). The number of rotatable bonds is 5. The first-order valence-electron chi connectivity index (χ1n) is 8.00. The lowest BCUT2D eigenvalue weighted by Gasteiger charge is -2.39. The van der Waals surface area contributed by atoms with Gasteiger partial charge in [0.05, 0.1) is 11.0 Å². The van der Waals surface area contributed by atoms with E-state index in [1.54, 1.807) is 16.2 Å². The topological polar surface area (TPSA) is 54.5 Å². The molecule has 4 nitrogen and oxygen atoms in total. The fourth-order valence-electron chi connectivity index (χ4n) is 2.85. The molecule has 1 saturated heterocycles. The van der Waals surface area contributed by atoms with Gasteiger partial charge in [0.1, 0.15) is 0 Å². The minimum atomic E-state index is -3.10. The van der Waals surface area contributed by atoms with Gasteiger partial charge in [-0.15, -0.1) is 0 Å². The van der Waals surface area contributed by atoms with Crippen LogP contribution in [0.25, 0.3) is 11.1 Å². The summed E-state index contributed by atoms with van der Waals surface area (Å²) in [6.07, 6.45) is 0. The number of hydrogen-bond acceptors (Lipinski definition) is 4. The third kappa shape index (κ3) is 3.54. The van der Waals surface area contributed by atoms with Crippen molar-refractivity contribution in [3.8, 4) is 11.1 Å². The van der Waals surface area contributed by atoms with Crippen molar-refractivity contribution in [2.45, 2.75) is 19.1 Å². The Labute approximate surface area is 147 Å². The van der Waals surface area contributed by atoms with E-state index in [-0.39, 0.29) is 17.6 Å². The normalized spacial score (nSPS) is 15.5. The molecule has 0 aliphatic carbocycles. The molecule has 1 aromatic carbocycles. The predicted molar refractivity (Wildman–Crippen MR) is 98.1 cm³/mol. The van der Waals surface area contributed by atoms with Crippen LogP contribution in [0.15, 0.2) is 41.1 Å². The van der Waals surface area contributed by atoms with Crippen molar-refractivity contribution in [3.63, 3.8) is 0 Å². The highest BCUT2D eigenvalue weighted by Gasteiger charge is 2.39. The second-order valence-corrected chi connectivity index (χ2v) is 9.75. The number of nitrogens with zero attached hydrogens (tertiary/aromatic N) is 1. The molecule has 0 saturated carbocycles. The number of carbonyl (C=O) groups excluding carboxylic acids is 1. The molecule has 128 valence electrons. The summed E-state index contributed by atoms with van der Waals surface area (Å²) in [5.74, 6) is 0.210. The average Bonchev–Trinajstić information content (AvgIpc) is 2.98. The highest BCUT2D eigenvalue weighted by Crippen LogP contribution is 2.25. The van der Waals surface area contributed by atoms with Crippen LogP contribution in [0, 0.1) is 5.92 Å². The molecular weight excluding hydrogens is 342 g/mol. The molecule has 24 heavy (non-hydrogen) atoms. The molecule has 1 aromatic heterocycles. The van der Waals surface area contributed by atoms with E-state index in [9.17, 15) is 13.2 Å².